The Labute approximate surface area is 205 Å². The van der Waals surface area contributed by atoms with E-state index in [1.54, 1.807) is 33.8 Å². The summed E-state index contributed by atoms with van der Waals surface area (Å²) in [5.41, 5.74) is 4.77. The van der Waals surface area contributed by atoms with Gasteiger partial charge in [-0.1, -0.05) is 35.3 Å². The molecule has 2 aromatic carbocycles. The van der Waals surface area contributed by atoms with Crippen molar-refractivity contribution in [2.45, 2.75) is 20.8 Å². The lowest BCUT2D eigenvalue weighted by molar-refractivity contribution is 0.102. The normalized spacial score (nSPS) is 11.2. The number of rotatable bonds is 4. The van der Waals surface area contributed by atoms with Crippen molar-refractivity contribution in [1.29, 1.82) is 0 Å². The second-order valence-corrected chi connectivity index (χ2v) is 8.71. The number of carbonyl (C=O) groups is 1. The van der Waals surface area contributed by atoms with Crippen LogP contribution >= 0.6 is 23.2 Å². The van der Waals surface area contributed by atoms with Crippen molar-refractivity contribution in [1.82, 2.24) is 29.5 Å². The van der Waals surface area contributed by atoms with E-state index in [1.165, 1.54) is 12.4 Å². The number of hydrogen-bond donors (Lipinski definition) is 1. The fourth-order valence-electron chi connectivity index (χ4n) is 3.75. The Balaban J connectivity index is 1.59. The molecule has 1 amide bonds. The minimum atomic E-state index is -0.412. The van der Waals surface area contributed by atoms with Crippen molar-refractivity contribution in [3.63, 3.8) is 0 Å². The zero-order chi connectivity index (χ0) is 24.0. The van der Waals surface area contributed by atoms with Crippen molar-refractivity contribution in [3.05, 3.63) is 87.4 Å². The Bertz CT molecular complexity index is 1570. The molecule has 0 saturated heterocycles. The van der Waals surface area contributed by atoms with Gasteiger partial charge < -0.3 is 5.32 Å². The lowest BCUT2D eigenvalue weighted by atomic mass is 10.1. The molecule has 5 rings (SSSR count). The number of halogens is 2. The average Bonchev–Trinajstić information content (AvgIpc) is 3.40. The molecule has 8 nitrogen and oxygen atoms in total. The zero-order valence-corrected chi connectivity index (χ0v) is 20.1. The summed E-state index contributed by atoms with van der Waals surface area (Å²) in [7, 11) is 0. The van der Waals surface area contributed by atoms with E-state index < -0.39 is 5.91 Å². The Hall–Kier alpha value is -3.75. The number of aryl methyl sites for hydroxylation is 2. The van der Waals surface area contributed by atoms with E-state index in [4.69, 9.17) is 23.2 Å². The maximum Gasteiger partial charge on any atom is 0.258 e. The largest absolute Gasteiger partial charge is 0.306 e. The lowest BCUT2D eigenvalue weighted by Gasteiger charge is -2.11. The van der Waals surface area contributed by atoms with E-state index >= 15 is 0 Å². The summed E-state index contributed by atoms with van der Waals surface area (Å²) in [6.45, 7) is 5.93. The maximum absolute atomic E-state index is 13.0. The number of benzene rings is 2. The van der Waals surface area contributed by atoms with Crippen molar-refractivity contribution >= 4 is 46.0 Å². The number of carbonyl (C=O) groups excluding carboxylic acids is 1. The van der Waals surface area contributed by atoms with Crippen LogP contribution in [0.3, 0.4) is 0 Å². The second kappa shape index (κ2) is 8.55. The first kappa shape index (κ1) is 22.1. The fraction of sp³-hybridized carbons (Fsp3) is 0.125. The summed E-state index contributed by atoms with van der Waals surface area (Å²) >= 11 is 12.3. The zero-order valence-electron chi connectivity index (χ0n) is 18.5. The molecule has 0 saturated carbocycles. The van der Waals surface area contributed by atoms with Gasteiger partial charge in [0, 0.05) is 11.1 Å². The van der Waals surface area contributed by atoms with Crippen LogP contribution in [0.15, 0.2) is 55.0 Å². The van der Waals surface area contributed by atoms with E-state index in [-0.39, 0.29) is 5.56 Å². The molecule has 34 heavy (non-hydrogen) atoms. The van der Waals surface area contributed by atoms with Gasteiger partial charge >= 0.3 is 0 Å². The second-order valence-electron chi connectivity index (χ2n) is 7.87. The van der Waals surface area contributed by atoms with Crippen molar-refractivity contribution < 1.29 is 4.79 Å². The highest BCUT2D eigenvalue weighted by molar-refractivity contribution is 6.36. The van der Waals surface area contributed by atoms with Crippen LogP contribution in [-0.4, -0.2) is 35.4 Å². The monoisotopic (exact) mass is 491 g/mol. The predicted molar refractivity (Wildman–Crippen MR) is 132 cm³/mol. The van der Waals surface area contributed by atoms with Gasteiger partial charge in [0.1, 0.15) is 12.1 Å². The number of anilines is 1. The van der Waals surface area contributed by atoms with Gasteiger partial charge in [-0.2, -0.15) is 14.9 Å². The molecule has 170 valence electrons. The van der Waals surface area contributed by atoms with Crippen LogP contribution in [0.2, 0.25) is 10.0 Å². The van der Waals surface area contributed by atoms with Gasteiger partial charge in [0.05, 0.1) is 33.6 Å². The van der Waals surface area contributed by atoms with Crippen LogP contribution in [0.1, 0.15) is 27.2 Å². The SMILES string of the molecule is Cc1cc(NC(=O)c2cc(Cl)ccc2Cl)n(-c2ncnc3c2cnn3-c2cccc(C)c2C)n1. The summed E-state index contributed by atoms with van der Waals surface area (Å²) in [5, 5.41) is 13.4. The van der Waals surface area contributed by atoms with Gasteiger partial charge in [-0.05, 0) is 56.2 Å². The highest BCUT2D eigenvalue weighted by Gasteiger charge is 2.20. The highest BCUT2D eigenvalue weighted by atomic mass is 35.5. The number of aromatic nitrogens is 6. The van der Waals surface area contributed by atoms with E-state index in [9.17, 15) is 4.79 Å². The topological polar surface area (TPSA) is 90.5 Å². The number of hydrogen-bond acceptors (Lipinski definition) is 5. The Morgan fingerprint density at radius 1 is 1.00 bits per heavy atom. The average molecular weight is 492 g/mol. The molecule has 0 aliphatic carbocycles. The smallest absolute Gasteiger partial charge is 0.258 e. The summed E-state index contributed by atoms with van der Waals surface area (Å²) in [6, 6.07) is 12.5. The third-order valence-corrected chi connectivity index (χ3v) is 6.16. The molecular weight excluding hydrogens is 473 g/mol. The number of nitrogens with one attached hydrogen (secondary N) is 1. The molecular formula is C24H19Cl2N7O. The summed E-state index contributed by atoms with van der Waals surface area (Å²) in [4.78, 5) is 21.9. The van der Waals surface area contributed by atoms with E-state index in [0.29, 0.717) is 38.4 Å². The fourth-order valence-corrected chi connectivity index (χ4v) is 4.12. The Kier molecular flexibility index (Phi) is 5.55. The molecule has 5 aromatic rings. The molecule has 3 aromatic heterocycles. The first-order chi connectivity index (χ1) is 16.3. The maximum atomic E-state index is 13.0. The summed E-state index contributed by atoms with van der Waals surface area (Å²) in [5.74, 6) is 0.505. The van der Waals surface area contributed by atoms with E-state index in [0.717, 1.165) is 16.8 Å². The first-order valence-corrected chi connectivity index (χ1v) is 11.2. The molecule has 0 bridgehead atoms. The molecule has 0 atom stereocenters. The summed E-state index contributed by atoms with van der Waals surface area (Å²) in [6.07, 6.45) is 3.15. The molecule has 0 spiro atoms. The van der Waals surface area contributed by atoms with Crippen LogP contribution in [0.4, 0.5) is 5.82 Å². The van der Waals surface area contributed by atoms with Gasteiger partial charge in [0.2, 0.25) is 0 Å². The van der Waals surface area contributed by atoms with Gasteiger partial charge in [0.15, 0.2) is 11.5 Å². The number of fused-ring (bicyclic) bond motifs is 1. The minimum absolute atomic E-state index is 0.259. The molecule has 0 radical (unpaired) electrons. The third kappa shape index (κ3) is 3.81. The molecule has 0 unspecified atom stereocenters. The molecule has 1 N–H and O–H groups in total. The van der Waals surface area contributed by atoms with E-state index in [1.807, 2.05) is 26.0 Å². The molecule has 0 fully saturated rings. The Morgan fingerprint density at radius 2 is 1.82 bits per heavy atom. The highest BCUT2D eigenvalue weighted by Crippen LogP contribution is 2.27. The third-order valence-electron chi connectivity index (χ3n) is 5.60. The van der Waals surface area contributed by atoms with Crippen LogP contribution in [0.5, 0.6) is 0 Å². The quantitative estimate of drug-likeness (QED) is 0.359. The van der Waals surface area contributed by atoms with Crippen LogP contribution in [0.25, 0.3) is 22.5 Å². The van der Waals surface area contributed by atoms with Crippen molar-refractivity contribution in [2.24, 2.45) is 0 Å². The number of amides is 1. The van der Waals surface area contributed by atoms with Crippen LogP contribution in [-0.2, 0) is 0 Å². The van der Waals surface area contributed by atoms with Gasteiger partial charge in [0.25, 0.3) is 5.91 Å². The van der Waals surface area contributed by atoms with Crippen molar-refractivity contribution in [2.75, 3.05) is 5.32 Å². The van der Waals surface area contributed by atoms with Crippen LogP contribution in [0, 0.1) is 20.8 Å². The summed E-state index contributed by atoms with van der Waals surface area (Å²) < 4.78 is 3.34. The van der Waals surface area contributed by atoms with Gasteiger partial charge in [-0.25, -0.2) is 14.6 Å². The minimum Gasteiger partial charge on any atom is -0.306 e. The molecule has 3 heterocycles. The Morgan fingerprint density at radius 3 is 2.65 bits per heavy atom. The molecule has 0 aliphatic rings. The first-order valence-electron chi connectivity index (χ1n) is 10.4. The van der Waals surface area contributed by atoms with E-state index in [2.05, 4.69) is 38.5 Å². The van der Waals surface area contributed by atoms with Crippen molar-refractivity contribution in [3.8, 4) is 11.5 Å². The molecule has 0 aliphatic heterocycles. The molecule has 10 heteroatoms. The standard InChI is InChI=1S/C24H19Cl2N7O/c1-13-5-4-6-20(15(13)3)32-22-18(11-29-32)23(28-12-27-22)33-21(9-14(2)31-33)30-24(34)17-10-16(25)7-8-19(17)26/h4-12H,1-3H3,(H,30,34). The van der Waals surface area contributed by atoms with Gasteiger partial charge in [-0.3, -0.25) is 4.79 Å². The lowest BCUT2D eigenvalue weighted by Crippen LogP contribution is -2.16. The van der Waals surface area contributed by atoms with Gasteiger partial charge in [-0.15, -0.1) is 0 Å². The number of nitrogens with zero attached hydrogens (tertiary/aromatic N) is 6. The predicted octanol–water partition coefficient (Wildman–Crippen LogP) is 5.49. The van der Waals surface area contributed by atoms with Crippen LogP contribution < -0.4 is 5.32 Å².